The molecule has 1 aromatic carbocycles. The summed E-state index contributed by atoms with van der Waals surface area (Å²) in [5.41, 5.74) is 7.43. The number of anilines is 1. The van der Waals surface area contributed by atoms with Gasteiger partial charge >= 0.3 is 0 Å². The van der Waals surface area contributed by atoms with Gasteiger partial charge in [0.2, 0.25) is 11.8 Å². The molecule has 21 heavy (non-hydrogen) atoms. The molecule has 0 radical (unpaired) electrons. The van der Waals surface area contributed by atoms with E-state index in [4.69, 9.17) is 5.73 Å². The van der Waals surface area contributed by atoms with E-state index >= 15 is 0 Å². The van der Waals surface area contributed by atoms with Crippen molar-refractivity contribution in [1.82, 2.24) is 10.6 Å². The molecule has 5 heteroatoms. The van der Waals surface area contributed by atoms with Crippen molar-refractivity contribution < 1.29 is 9.59 Å². The van der Waals surface area contributed by atoms with E-state index < -0.39 is 0 Å². The Kier molecular flexibility index (Phi) is 7.29. The van der Waals surface area contributed by atoms with Crippen molar-refractivity contribution in [2.75, 3.05) is 18.8 Å². The summed E-state index contributed by atoms with van der Waals surface area (Å²) in [7, 11) is 0. The lowest BCUT2D eigenvalue weighted by Gasteiger charge is -2.08. The number of hydrogen-bond acceptors (Lipinski definition) is 3. The van der Waals surface area contributed by atoms with Crippen LogP contribution in [0.25, 0.3) is 0 Å². The molecule has 0 spiro atoms. The normalized spacial score (nSPS) is 10.4. The number of carbonyl (C=O) groups is 2. The van der Waals surface area contributed by atoms with Crippen LogP contribution in [-0.4, -0.2) is 24.9 Å². The van der Waals surface area contributed by atoms with Crippen molar-refractivity contribution in [2.45, 2.75) is 33.1 Å². The third kappa shape index (κ3) is 7.97. The van der Waals surface area contributed by atoms with E-state index in [1.54, 1.807) is 0 Å². The van der Waals surface area contributed by atoms with Crippen LogP contribution in [0.5, 0.6) is 0 Å². The van der Waals surface area contributed by atoms with E-state index in [-0.39, 0.29) is 11.8 Å². The van der Waals surface area contributed by atoms with Crippen LogP contribution in [0.2, 0.25) is 0 Å². The maximum absolute atomic E-state index is 11.7. The maximum Gasteiger partial charge on any atom is 0.221 e. The molecule has 0 atom stereocenters. The topological polar surface area (TPSA) is 84.2 Å². The van der Waals surface area contributed by atoms with Gasteiger partial charge in [0.05, 0.1) is 0 Å². The van der Waals surface area contributed by atoms with Gasteiger partial charge in [0.1, 0.15) is 0 Å². The zero-order valence-electron chi connectivity index (χ0n) is 12.8. The summed E-state index contributed by atoms with van der Waals surface area (Å²) in [4.78, 5) is 23.1. The van der Waals surface area contributed by atoms with Crippen LogP contribution in [0.1, 0.15) is 32.3 Å². The van der Waals surface area contributed by atoms with Crippen molar-refractivity contribution in [3.63, 3.8) is 0 Å². The first-order valence-corrected chi connectivity index (χ1v) is 7.35. The molecule has 0 bridgehead atoms. The Bertz CT molecular complexity index is 472. The number of rotatable bonds is 8. The molecule has 0 heterocycles. The Labute approximate surface area is 126 Å². The largest absolute Gasteiger partial charge is 0.399 e. The van der Waals surface area contributed by atoms with Crippen molar-refractivity contribution >= 4 is 17.5 Å². The third-order valence-corrected chi connectivity index (χ3v) is 2.97. The molecule has 0 fully saturated rings. The summed E-state index contributed by atoms with van der Waals surface area (Å²) < 4.78 is 0. The fourth-order valence-electron chi connectivity index (χ4n) is 1.82. The maximum atomic E-state index is 11.7. The number of hydrogen-bond donors (Lipinski definition) is 3. The zero-order valence-corrected chi connectivity index (χ0v) is 12.8. The van der Waals surface area contributed by atoms with E-state index in [0.29, 0.717) is 44.0 Å². The summed E-state index contributed by atoms with van der Waals surface area (Å²) in [6.45, 7) is 5.12. The second-order valence-electron chi connectivity index (χ2n) is 5.54. The minimum absolute atomic E-state index is 0.0279. The van der Waals surface area contributed by atoms with E-state index in [2.05, 4.69) is 10.6 Å². The van der Waals surface area contributed by atoms with Crippen molar-refractivity contribution in [3.8, 4) is 0 Å². The van der Waals surface area contributed by atoms with Crippen LogP contribution in [0.4, 0.5) is 5.69 Å². The van der Waals surface area contributed by atoms with Gasteiger partial charge in [-0.25, -0.2) is 0 Å². The summed E-state index contributed by atoms with van der Waals surface area (Å²) in [6.07, 6.45) is 1.37. The number of benzene rings is 1. The van der Waals surface area contributed by atoms with Gasteiger partial charge < -0.3 is 16.4 Å². The van der Waals surface area contributed by atoms with Crippen LogP contribution >= 0.6 is 0 Å². The fraction of sp³-hybridized carbons (Fsp3) is 0.500. The first-order chi connectivity index (χ1) is 9.97. The van der Waals surface area contributed by atoms with E-state index in [0.717, 1.165) is 5.56 Å². The molecule has 0 saturated carbocycles. The van der Waals surface area contributed by atoms with Gasteiger partial charge in [0.25, 0.3) is 0 Å². The molecule has 1 aromatic rings. The quantitative estimate of drug-likeness (QED) is 0.634. The predicted octanol–water partition coefficient (Wildman–Crippen LogP) is 1.48. The molecule has 0 aromatic heterocycles. The van der Waals surface area contributed by atoms with Crippen LogP contribution in [0.3, 0.4) is 0 Å². The van der Waals surface area contributed by atoms with Crippen molar-refractivity contribution in [3.05, 3.63) is 29.8 Å². The third-order valence-electron chi connectivity index (χ3n) is 2.97. The van der Waals surface area contributed by atoms with E-state index in [1.807, 2.05) is 38.1 Å². The molecular weight excluding hydrogens is 266 g/mol. The first kappa shape index (κ1) is 17.0. The Hall–Kier alpha value is -2.04. The second kappa shape index (κ2) is 9.00. The molecule has 0 unspecified atom stereocenters. The molecule has 0 aliphatic heterocycles. The summed E-state index contributed by atoms with van der Waals surface area (Å²) in [5, 5.41) is 5.57. The van der Waals surface area contributed by atoms with Crippen LogP contribution in [0.15, 0.2) is 24.3 Å². The average molecular weight is 291 g/mol. The highest BCUT2D eigenvalue weighted by Crippen LogP contribution is 2.08. The summed E-state index contributed by atoms with van der Waals surface area (Å²) >= 11 is 0. The number of carbonyl (C=O) groups excluding carboxylic acids is 2. The molecule has 0 aliphatic carbocycles. The molecule has 4 N–H and O–H groups in total. The van der Waals surface area contributed by atoms with E-state index in [9.17, 15) is 9.59 Å². The molecule has 2 amide bonds. The zero-order chi connectivity index (χ0) is 15.7. The van der Waals surface area contributed by atoms with Gasteiger partial charge in [-0.1, -0.05) is 26.0 Å². The fourth-order valence-corrected chi connectivity index (χ4v) is 1.82. The smallest absolute Gasteiger partial charge is 0.221 e. The molecule has 0 aliphatic rings. The molecular formula is C16H25N3O2. The lowest BCUT2D eigenvalue weighted by Crippen LogP contribution is -2.32. The second-order valence-corrected chi connectivity index (χ2v) is 5.54. The highest BCUT2D eigenvalue weighted by atomic mass is 16.2. The number of nitrogens with two attached hydrogens (primary N) is 1. The van der Waals surface area contributed by atoms with Crippen LogP contribution < -0.4 is 16.4 Å². The number of amides is 2. The summed E-state index contributed by atoms with van der Waals surface area (Å²) in [6, 6.07) is 7.51. The molecule has 5 nitrogen and oxygen atoms in total. The standard InChI is InChI=1S/C16H25N3O2/c1-12(2)11-19-16(21)8-9-18-15(20)7-6-13-4-3-5-14(17)10-13/h3-5,10,12H,6-9,11,17H2,1-2H3,(H,18,20)(H,19,21). The Morgan fingerprint density at radius 1 is 1.14 bits per heavy atom. The van der Waals surface area contributed by atoms with Gasteiger partial charge in [-0.05, 0) is 30.0 Å². The van der Waals surface area contributed by atoms with Gasteiger partial charge in [0.15, 0.2) is 0 Å². The molecule has 116 valence electrons. The van der Waals surface area contributed by atoms with Crippen molar-refractivity contribution in [1.29, 1.82) is 0 Å². The van der Waals surface area contributed by atoms with Gasteiger partial charge in [-0.3, -0.25) is 9.59 Å². The lowest BCUT2D eigenvalue weighted by molar-refractivity contribution is -0.122. The monoisotopic (exact) mass is 291 g/mol. The van der Waals surface area contributed by atoms with Gasteiger partial charge in [-0.2, -0.15) is 0 Å². The number of nitrogens with one attached hydrogen (secondary N) is 2. The average Bonchev–Trinajstić information content (AvgIpc) is 2.43. The Morgan fingerprint density at radius 2 is 1.86 bits per heavy atom. The van der Waals surface area contributed by atoms with Gasteiger partial charge in [0, 0.05) is 31.6 Å². The summed E-state index contributed by atoms with van der Waals surface area (Å²) in [5.74, 6) is 0.357. The van der Waals surface area contributed by atoms with Crippen molar-refractivity contribution in [2.24, 2.45) is 5.92 Å². The molecule has 0 saturated heterocycles. The SMILES string of the molecule is CC(C)CNC(=O)CCNC(=O)CCc1cccc(N)c1. The Morgan fingerprint density at radius 3 is 2.52 bits per heavy atom. The first-order valence-electron chi connectivity index (χ1n) is 7.35. The number of nitrogen functional groups attached to an aromatic ring is 1. The minimum Gasteiger partial charge on any atom is -0.399 e. The Balaban J connectivity index is 2.15. The predicted molar refractivity (Wildman–Crippen MR) is 84.6 cm³/mol. The lowest BCUT2D eigenvalue weighted by atomic mass is 10.1. The number of aryl methyl sites for hydroxylation is 1. The van der Waals surface area contributed by atoms with Crippen LogP contribution in [-0.2, 0) is 16.0 Å². The van der Waals surface area contributed by atoms with E-state index in [1.165, 1.54) is 0 Å². The van der Waals surface area contributed by atoms with Crippen LogP contribution in [0, 0.1) is 5.92 Å². The minimum atomic E-state index is -0.0471. The molecule has 1 rings (SSSR count). The highest BCUT2D eigenvalue weighted by Gasteiger charge is 2.05. The highest BCUT2D eigenvalue weighted by molar-refractivity contribution is 5.79. The van der Waals surface area contributed by atoms with Gasteiger partial charge in [-0.15, -0.1) is 0 Å².